The molecule has 96 valence electrons. The third kappa shape index (κ3) is 4.07. The third-order valence-corrected chi connectivity index (χ3v) is 3.69. The molecule has 1 N–H and O–H groups in total. The molecule has 0 aliphatic carbocycles. The zero-order valence-electron chi connectivity index (χ0n) is 11.8. The lowest BCUT2D eigenvalue weighted by Crippen LogP contribution is -2.24. The monoisotopic (exact) mass is 234 g/mol. The average molecular weight is 234 g/mol. The second kappa shape index (κ2) is 6.09. The number of aromatic hydroxyl groups is 1. The molecule has 0 amide bonds. The van der Waals surface area contributed by atoms with Gasteiger partial charge in [0.1, 0.15) is 5.75 Å². The van der Waals surface area contributed by atoms with Gasteiger partial charge >= 0.3 is 0 Å². The summed E-state index contributed by atoms with van der Waals surface area (Å²) in [5.41, 5.74) is 1.32. The standard InChI is InChI=1S/C16H26O/c1-11(2)16(12(3)4)13(5)10-14-6-8-15(17)9-7-14/h6-9,11-13,16-17H,10H2,1-5H3/t13-/m1/s1. The van der Waals surface area contributed by atoms with Crippen molar-refractivity contribution in [3.63, 3.8) is 0 Å². The quantitative estimate of drug-likeness (QED) is 0.795. The minimum absolute atomic E-state index is 0.352. The average Bonchev–Trinajstić information content (AvgIpc) is 2.20. The van der Waals surface area contributed by atoms with E-state index in [9.17, 15) is 5.11 Å². The Hall–Kier alpha value is -0.980. The molecule has 1 aromatic carbocycles. The normalized spacial score (nSPS) is 13.6. The fourth-order valence-corrected chi connectivity index (χ4v) is 3.22. The Bertz CT molecular complexity index is 316. The fraction of sp³-hybridized carbons (Fsp3) is 0.625. The van der Waals surface area contributed by atoms with Crippen molar-refractivity contribution in [2.75, 3.05) is 0 Å². The Morgan fingerprint density at radius 2 is 1.35 bits per heavy atom. The second-order valence-corrected chi connectivity index (χ2v) is 5.91. The van der Waals surface area contributed by atoms with Crippen LogP contribution >= 0.6 is 0 Å². The molecule has 0 saturated heterocycles. The van der Waals surface area contributed by atoms with E-state index in [1.807, 2.05) is 12.1 Å². The van der Waals surface area contributed by atoms with Crippen LogP contribution in [0.3, 0.4) is 0 Å². The number of phenolic OH excluding ortho intramolecular Hbond substituents is 1. The van der Waals surface area contributed by atoms with Gasteiger partial charge < -0.3 is 5.11 Å². The first-order valence-corrected chi connectivity index (χ1v) is 6.69. The van der Waals surface area contributed by atoms with Crippen molar-refractivity contribution in [1.82, 2.24) is 0 Å². The summed E-state index contributed by atoms with van der Waals surface area (Å²) in [5, 5.41) is 9.28. The predicted octanol–water partition coefficient (Wildman–Crippen LogP) is 4.50. The molecule has 17 heavy (non-hydrogen) atoms. The van der Waals surface area contributed by atoms with Gasteiger partial charge in [-0.2, -0.15) is 0 Å². The maximum Gasteiger partial charge on any atom is 0.115 e. The van der Waals surface area contributed by atoms with Crippen molar-refractivity contribution in [2.45, 2.75) is 41.0 Å². The van der Waals surface area contributed by atoms with Gasteiger partial charge in [-0.05, 0) is 47.8 Å². The first-order valence-electron chi connectivity index (χ1n) is 6.69. The van der Waals surface area contributed by atoms with Crippen LogP contribution in [-0.4, -0.2) is 5.11 Å². The van der Waals surface area contributed by atoms with E-state index in [0.717, 1.165) is 24.2 Å². The summed E-state index contributed by atoms with van der Waals surface area (Å²) in [6, 6.07) is 7.62. The molecule has 1 heteroatoms. The van der Waals surface area contributed by atoms with E-state index in [1.54, 1.807) is 12.1 Å². The summed E-state index contributed by atoms with van der Waals surface area (Å²) in [6.45, 7) is 11.6. The Morgan fingerprint density at radius 1 is 0.882 bits per heavy atom. The van der Waals surface area contributed by atoms with E-state index in [2.05, 4.69) is 34.6 Å². The van der Waals surface area contributed by atoms with Gasteiger partial charge in [-0.25, -0.2) is 0 Å². The molecule has 1 aromatic rings. The van der Waals surface area contributed by atoms with Crippen molar-refractivity contribution < 1.29 is 5.11 Å². The van der Waals surface area contributed by atoms with Crippen molar-refractivity contribution in [1.29, 1.82) is 0 Å². The zero-order valence-corrected chi connectivity index (χ0v) is 11.8. The van der Waals surface area contributed by atoms with Crippen LogP contribution in [0, 0.1) is 23.7 Å². The minimum atomic E-state index is 0.352. The lowest BCUT2D eigenvalue weighted by molar-refractivity contribution is 0.198. The van der Waals surface area contributed by atoms with Gasteiger partial charge in [0.15, 0.2) is 0 Å². The molecule has 1 atom stereocenters. The summed E-state index contributed by atoms with van der Waals surface area (Å²) in [5.74, 6) is 3.23. The smallest absolute Gasteiger partial charge is 0.115 e. The van der Waals surface area contributed by atoms with Crippen LogP contribution < -0.4 is 0 Å². The molecule has 0 saturated carbocycles. The molecule has 1 nitrogen and oxygen atoms in total. The van der Waals surface area contributed by atoms with Gasteiger partial charge in [-0.3, -0.25) is 0 Å². The molecule has 0 bridgehead atoms. The first-order chi connectivity index (χ1) is 7.91. The molecule has 0 aliphatic rings. The molecule has 1 rings (SSSR count). The predicted molar refractivity (Wildman–Crippen MR) is 74.1 cm³/mol. The highest BCUT2D eigenvalue weighted by Gasteiger charge is 2.23. The first kappa shape index (κ1) is 14.1. The SMILES string of the molecule is CC(C)C(C(C)C)[C@H](C)Cc1ccc(O)cc1. The number of hydrogen-bond acceptors (Lipinski definition) is 1. The molecular formula is C16H26O. The van der Waals surface area contributed by atoms with Gasteiger partial charge in [0.05, 0.1) is 0 Å². The van der Waals surface area contributed by atoms with Crippen LogP contribution in [0.15, 0.2) is 24.3 Å². The Morgan fingerprint density at radius 3 is 1.76 bits per heavy atom. The summed E-state index contributed by atoms with van der Waals surface area (Å²) in [4.78, 5) is 0. The van der Waals surface area contributed by atoms with Crippen LogP contribution in [-0.2, 0) is 6.42 Å². The highest BCUT2D eigenvalue weighted by molar-refractivity contribution is 5.26. The van der Waals surface area contributed by atoms with Crippen LogP contribution in [0.2, 0.25) is 0 Å². The highest BCUT2D eigenvalue weighted by Crippen LogP contribution is 2.31. The lowest BCUT2D eigenvalue weighted by Gasteiger charge is -2.31. The Balaban J connectivity index is 2.69. The van der Waals surface area contributed by atoms with E-state index in [1.165, 1.54) is 5.56 Å². The van der Waals surface area contributed by atoms with Crippen LogP contribution in [0.4, 0.5) is 0 Å². The maximum atomic E-state index is 9.28. The minimum Gasteiger partial charge on any atom is -0.508 e. The molecule has 0 heterocycles. The largest absolute Gasteiger partial charge is 0.508 e. The molecule has 0 unspecified atom stereocenters. The number of hydrogen-bond donors (Lipinski definition) is 1. The van der Waals surface area contributed by atoms with E-state index in [0.29, 0.717) is 11.7 Å². The fourth-order valence-electron chi connectivity index (χ4n) is 3.22. The van der Waals surface area contributed by atoms with Crippen molar-refractivity contribution >= 4 is 0 Å². The van der Waals surface area contributed by atoms with E-state index in [4.69, 9.17) is 0 Å². The highest BCUT2D eigenvalue weighted by atomic mass is 16.3. The molecule has 0 fully saturated rings. The number of phenols is 1. The van der Waals surface area contributed by atoms with E-state index < -0.39 is 0 Å². The van der Waals surface area contributed by atoms with E-state index in [-0.39, 0.29) is 0 Å². The maximum absolute atomic E-state index is 9.28. The zero-order chi connectivity index (χ0) is 13.0. The van der Waals surface area contributed by atoms with Gasteiger partial charge in [0, 0.05) is 0 Å². The van der Waals surface area contributed by atoms with Gasteiger partial charge in [-0.1, -0.05) is 46.8 Å². The van der Waals surface area contributed by atoms with Crippen molar-refractivity contribution in [2.24, 2.45) is 23.7 Å². The number of rotatable bonds is 5. The summed E-state index contributed by atoms with van der Waals surface area (Å²) >= 11 is 0. The molecule has 0 aliphatic heterocycles. The summed E-state index contributed by atoms with van der Waals surface area (Å²) in [7, 11) is 0. The second-order valence-electron chi connectivity index (χ2n) is 5.91. The molecular weight excluding hydrogens is 208 g/mol. The van der Waals surface area contributed by atoms with Gasteiger partial charge in [0.25, 0.3) is 0 Å². The van der Waals surface area contributed by atoms with Gasteiger partial charge in [0.2, 0.25) is 0 Å². The molecule has 0 radical (unpaired) electrons. The third-order valence-electron chi connectivity index (χ3n) is 3.69. The van der Waals surface area contributed by atoms with Crippen LogP contribution in [0.25, 0.3) is 0 Å². The summed E-state index contributed by atoms with van der Waals surface area (Å²) < 4.78 is 0. The Kier molecular flexibility index (Phi) is 5.04. The topological polar surface area (TPSA) is 20.2 Å². The van der Waals surface area contributed by atoms with E-state index >= 15 is 0 Å². The number of benzene rings is 1. The Labute approximate surface area is 106 Å². The van der Waals surface area contributed by atoms with Crippen molar-refractivity contribution in [3.8, 4) is 5.75 Å². The van der Waals surface area contributed by atoms with Gasteiger partial charge in [-0.15, -0.1) is 0 Å². The summed E-state index contributed by atoms with van der Waals surface area (Å²) in [6.07, 6.45) is 1.10. The van der Waals surface area contributed by atoms with Crippen LogP contribution in [0.5, 0.6) is 5.75 Å². The van der Waals surface area contributed by atoms with Crippen LogP contribution in [0.1, 0.15) is 40.2 Å². The molecule has 0 aromatic heterocycles. The van der Waals surface area contributed by atoms with Crippen molar-refractivity contribution in [3.05, 3.63) is 29.8 Å². The molecule has 0 spiro atoms. The lowest BCUT2D eigenvalue weighted by atomic mass is 9.74.